The average Bonchev–Trinajstić information content (AvgIpc) is 2.37. The largest absolute Gasteiger partial charge is 0.306 e. The first-order valence-corrected chi connectivity index (χ1v) is 7.49. The summed E-state index contributed by atoms with van der Waals surface area (Å²) >= 11 is 1.82. The standard InChI is InChI=1S/C14H20FNOS/c1-16(9-5-11-18-2)10-8-14(17)12-6-3-4-7-13(12)15/h3-4,6-7H,5,8-11H2,1-2H3. The fourth-order valence-electron chi connectivity index (χ4n) is 1.71. The van der Waals surface area contributed by atoms with Gasteiger partial charge < -0.3 is 4.90 Å². The van der Waals surface area contributed by atoms with Gasteiger partial charge in [0.25, 0.3) is 0 Å². The van der Waals surface area contributed by atoms with E-state index in [9.17, 15) is 9.18 Å². The summed E-state index contributed by atoms with van der Waals surface area (Å²) in [6.07, 6.45) is 3.57. The number of rotatable bonds is 8. The fraction of sp³-hybridized carbons (Fsp3) is 0.500. The highest BCUT2D eigenvalue weighted by molar-refractivity contribution is 7.98. The van der Waals surface area contributed by atoms with E-state index in [4.69, 9.17) is 0 Å². The Balaban J connectivity index is 2.35. The molecule has 0 aliphatic rings. The van der Waals surface area contributed by atoms with Crippen LogP contribution < -0.4 is 0 Å². The van der Waals surface area contributed by atoms with Gasteiger partial charge in [-0.1, -0.05) is 12.1 Å². The number of benzene rings is 1. The summed E-state index contributed by atoms with van der Waals surface area (Å²) in [7, 11) is 1.99. The molecule has 0 spiro atoms. The number of carbonyl (C=O) groups is 1. The van der Waals surface area contributed by atoms with Gasteiger partial charge >= 0.3 is 0 Å². The molecule has 0 heterocycles. The molecule has 0 radical (unpaired) electrons. The normalized spacial score (nSPS) is 10.9. The molecule has 1 rings (SSSR count). The highest BCUT2D eigenvalue weighted by atomic mass is 32.2. The van der Waals surface area contributed by atoms with E-state index in [0.29, 0.717) is 13.0 Å². The van der Waals surface area contributed by atoms with E-state index < -0.39 is 5.82 Å². The number of nitrogens with zero attached hydrogens (tertiary/aromatic N) is 1. The summed E-state index contributed by atoms with van der Waals surface area (Å²) in [5.74, 6) is 0.586. The number of hydrogen-bond acceptors (Lipinski definition) is 3. The van der Waals surface area contributed by atoms with Crippen molar-refractivity contribution < 1.29 is 9.18 Å². The molecule has 0 aromatic heterocycles. The van der Waals surface area contributed by atoms with Gasteiger partial charge in [-0.25, -0.2) is 4.39 Å². The first-order valence-electron chi connectivity index (χ1n) is 6.10. The molecular weight excluding hydrogens is 249 g/mol. The van der Waals surface area contributed by atoms with Crippen molar-refractivity contribution in [1.82, 2.24) is 4.90 Å². The number of halogens is 1. The smallest absolute Gasteiger partial charge is 0.167 e. The van der Waals surface area contributed by atoms with E-state index in [1.165, 1.54) is 6.07 Å². The van der Waals surface area contributed by atoms with Crippen LogP contribution in [-0.2, 0) is 0 Å². The molecule has 0 aliphatic heterocycles. The third-order valence-corrected chi connectivity index (χ3v) is 3.48. The zero-order valence-electron chi connectivity index (χ0n) is 11.0. The van der Waals surface area contributed by atoms with Gasteiger partial charge in [0.05, 0.1) is 5.56 Å². The third kappa shape index (κ3) is 5.19. The van der Waals surface area contributed by atoms with E-state index in [1.807, 2.05) is 18.8 Å². The predicted molar refractivity (Wildman–Crippen MR) is 75.8 cm³/mol. The maximum Gasteiger partial charge on any atom is 0.167 e. The van der Waals surface area contributed by atoms with Crippen LogP contribution in [0.3, 0.4) is 0 Å². The average molecular weight is 269 g/mol. The van der Waals surface area contributed by atoms with Gasteiger partial charge in [-0.05, 0) is 44.2 Å². The molecule has 0 N–H and O–H groups in total. The number of hydrogen-bond donors (Lipinski definition) is 0. The molecule has 18 heavy (non-hydrogen) atoms. The molecule has 0 saturated heterocycles. The van der Waals surface area contributed by atoms with Crippen LogP contribution in [0.1, 0.15) is 23.2 Å². The lowest BCUT2D eigenvalue weighted by Gasteiger charge is -2.15. The summed E-state index contributed by atoms with van der Waals surface area (Å²) in [5, 5.41) is 0. The highest BCUT2D eigenvalue weighted by Gasteiger charge is 2.11. The Kier molecular flexibility index (Phi) is 6.98. The minimum Gasteiger partial charge on any atom is -0.306 e. The molecule has 0 fully saturated rings. The summed E-state index contributed by atoms with van der Waals surface area (Å²) in [6, 6.07) is 6.17. The molecule has 0 unspecified atom stereocenters. The lowest BCUT2D eigenvalue weighted by Crippen LogP contribution is -2.23. The van der Waals surface area contributed by atoms with E-state index in [1.54, 1.807) is 18.2 Å². The molecule has 1 aromatic rings. The molecule has 100 valence electrons. The molecular formula is C14H20FNOS. The lowest BCUT2D eigenvalue weighted by atomic mass is 10.1. The first kappa shape index (κ1) is 15.2. The van der Waals surface area contributed by atoms with Gasteiger partial charge in [-0.3, -0.25) is 4.79 Å². The fourth-order valence-corrected chi connectivity index (χ4v) is 2.12. The van der Waals surface area contributed by atoms with Crippen LogP contribution in [0.2, 0.25) is 0 Å². The Morgan fingerprint density at radius 3 is 2.72 bits per heavy atom. The maximum atomic E-state index is 13.4. The van der Waals surface area contributed by atoms with Crippen LogP contribution >= 0.6 is 11.8 Å². The summed E-state index contributed by atoms with van der Waals surface area (Å²) in [6.45, 7) is 1.66. The van der Waals surface area contributed by atoms with Crippen LogP contribution in [0.5, 0.6) is 0 Å². The number of Topliss-reactive ketones (excluding diaryl/α,β-unsaturated/α-hetero) is 1. The Morgan fingerprint density at radius 1 is 1.33 bits per heavy atom. The molecule has 2 nitrogen and oxygen atoms in total. The van der Waals surface area contributed by atoms with E-state index in [0.717, 1.165) is 18.7 Å². The van der Waals surface area contributed by atoms with E-state index in [2.05, 4.69) is 11.2 Å². The molecule has 0 atom stereocenters. The van der Waals surface area contributed by atoms with Gasteiger partial charge in [0.2, 0.25) is 0 Å². The van der Waals surface area contributed by atoms with Crippen molar-refractivity contribution in [3.05, 3.63) is 35.6 Å². The topological polar surface area (TPSA) is 20.3 Å². The maximum absolute atomic E-state index is 13.4. The molecule has 1 aromatic carbocycles. The second kappa shape index (κ2) is 8.27. The number of thioether (sulfide) groups is 1. The van der Waals surface area contributed by atoms with Crippen molar-refractivity contribution in [2.75, 3.05) is 32.1 Å². The minimum atomic E-state index is -0.424. The second-order valence-electron chi connectivity index (χ2n) is 4.30. The van der Waals surface area contributed by atoms with Gasteiger partial charge in [-0.2, -0.15) is 11.8 Å². The Bertz CT molecular complexity index is 384. The summed E-state index contributed by atoms with van der Waals surface area (Å²) < 4.78 is 13.4. The lowest BCUT2D eigenvalue weighted by molar-refractivity contribution is 0.0965. The van der Waals surface area contributed by atoms with Crippen molar-refractivity contribution in [1.29, 1.82) is 0 Å². The van der Waals surface area contributed by atoms with Crippen LogP contribution in [0.15, 0.2) is 24.3 Å². The van der Waals surface area contributed by atoms with Gasteiger partial charge in [0, 0.05) is 13.0 Å². The summed E-state index contributed by atoms with van der Waals surface area (Å²) in [5.41, 5.74) is 0.204. The van der Waals surface area contributed by atoms with Crippen molar-refractivity contribution in [3.8, 4) is 0 Å². The molecule has 0 bridgehead atoms. The van der Waals surface area contributed by atoms with Crippen molar-refractivity contribution >= 4 is 17.5 Å². The minimum absolute atomic E-state index is 0.121. The van der Waals surface area contributed by atoms with Gasteiger partial charge in [-0.15, -0.1) is 0 Å². The quantitative estimate of drug-likeness (QED) is 0.534. The molecule has 0 amide bonds. The SMILES string of the molecule is CSCCCN(C)CCC(=O)c1ccccc1F. The molecule has 0 saturated carbocycles. The first-order chi connectivity index (χ1) is 8.65. The highest BCUT2D eigenvalue weighted by Crippen LogP contribution is 2.09. The zero-order chi connectivity index (χ0) is 13.4. The number of carbonyl (C=O) groups excluding carboxylic acids is 1. The van der Waals surface area contributed by atoms with Crippen molar-refractivity contribution in [3.63, 3.8) is 0 Å². The van der Waals surface area contributed by atoms with E-state index >= 15 is 0 Å². The predicted octanol–water partition coefficient (Wildman–Crippen LogP) is 3.08. The van der Waals surface area contributed by atoms with E-state index in [-0.39, 0.29) is 11.3 Å². The Hall–Kier alpha value is -0.870. The zero-order valence-corrected chi connectivity index (χ0v) is 11.8. The molecule has 0 aliphatic carbocycles. The number of ketones is 1. The van der Waals surface area contributed by atoms with Crippen molar-refractivity contribution in [2.45, 2.75) is 12.8 Å². The van der Waals surface area contributed by atoms with Crippen LogP contribution in [0.25, 0.3) is 0 Å². The molecule has 4 heteroatoms. The van der Waals surface area contributed by atoms with Crippen LogP contribution in [-0.4, -0.2) is 42.8 Å². The second-order valence-corrected chi connectivity index (χ2v) is 5.29. The van der Waals surface area contributed by atoms with Crippen LogP contribution in [0, 0.1) is 5.82 Å². The van der Waals surface area contributed by atoms with Gasteiger partial charge in [0.1, 0.15) is 5.82 Å². The van der Waals surface area contributed by atoms with Gasteiger partial charge in [0.15, 0.2) is 5.78 Å². The third-order valence-electron chi connectivity index (χ3n) is 2.78. The summed E-state index contributed by atoms with van der Waals surface area (Å²) in [4.78, 5) is 13.9. The Labute approximate surface area is 113 Å². The Morgan fingerprint density at radius 2 is 2.06 bits per heavy atom. The van der Waals surface area contributed by atoms with Crippen LogP contribution in [0.4, 0.5) is 4.39 Å². The monoisotopic (exact) mass is 269 g/mol. The van der Waals surface area contributed by atoms with Crippen molar-refractivity contribution in [2.24, 2.45) is 0 Å².